The van der Waals surface area contributed by atoms with Gasteiger partial charge in [-0.3, -0.25) is 9.36 Å². The molecule has 0 unspecified atom stereocenters. The maximum absolute atomic E-state index is 13.9. The van der Waals surface area contributed by atoms with Crippen LogP contribution >= 0.6 is 15.9 Å². The highest BCUT2D eigenvalue weighted by Gasteiger charge is 2.61. The van der Waals surface area contributed by atoms with Gasteiger partial charge in [0.25, 0.3) is 5.56 Å². The maximum atomic E-state index is 13.9. The zero-order chi connectivity index (χ0) is 25.0. The molecule has 2 rings (SSSR count). The molecule has 0 saturated heterocycles. The van der Waals surface area contributed by atoms with E-state index in [-0.39, 0.29) is 16.7 Å². The molecule has 0 aliphatic rings. The second-order valence-corrected chi connectivity index (χ2v) is 6.99. The van der Waals surface area contributed by atoms with Crippen LogP contribution in [0.5, 0.6) is 0 Å². The van der Waals surface area contributed by atoms with Crippen molar-refractivity contribution in [1.29, 1.82) is 0 Å². The van der Waals surface area contributed by atoms with E-state index in [0.29, 0.717) is 0 Å². The number of nitrogens with two attached hydrogens (primary N) is 1. The number of aromatic nitrogens is 2. The standard InChI is InChI=1S/C16H9BrF11N3O/c1-2-31-11(30-10(9(29)12(31)32)13(18,19)16(26,27)28)6-3-5(14(20,21)22)4-7(8(6)17)15(23,24)25/h3-4H,2,29H2,1H3. The van der Waals surface area contributed by atoms with Crippen LogP contribution in [-0.4, -0.2) is 15.7 Å². The van der Waals surface area contributed by atoms with Crippen LogP contribution in [0.15, 0.2) is 21.4 Å². The Labute approximate surface area is 179 Å². The highest BCUT2D eigenvalue weighted by molar-refractivity contribution is 9.10. The van der Waals surface area contributed by atoms with E-state index < -0.39 is 74.9 Å². The van der Waals surface area contributed by atoms with E-state index >= 15 is 0 Å². The molecule has 0 aliphatic carbocycles. The van der Waals surface area contributed by atoms with E-state index in [2.05, 4.69) is 20.9 Å². The first-order valence-electron chi connectivity index (χ1n) is 8.08. The van der Waals surface area contributed by atoms with Crippen LogP contribution in [0.4, 0.5) is 54.0 Å². The molecule has 2 aromatic rings. The van der Waals surface area contributed by atoms with Crippen LogP contribution in [0.2, 0.25) is 0 Å². The molecule has 1 aromatic heterocycles. The molecule has 178 valence electrons. The molecule has 2 N–H and O–H groups in total. The smallest absolute Gasteiger partial charge is 0.393 e. The molecule has 1 heterocycles. The third-order valence-electron chi connectivity index (χ3n) is 4.12. The molecule has 32 heavy (non-hydrogen) atoms. The molecule has 0 saturated carbocycles. The lowest BCUT2D eigenvalue weighted by molar-refractivity contribution is -0.290. The first-order valence-corrected chi connectivity index (χ1v) is 8.88. The zero-order valence-corrected chi connectivity index (χ0v) is 16.9. The van der Waals surface area contributed by atoms with Crippen molar-refractivity contribution in [2.45, 2.75) is 37.9 Å². The van der Waals surface area contributed by atoms with Gasteiger partial charge in [-0.15, -0.1) is 0 Å². The Bertz CT molecular complexity index is 1100. The molecule has 0 atom stereocenters. The zero-order valence-electron chi connectivity index (χ0n) is 15.3. The van der Waals surface area contributed by atoms with Crippen LogP contribution in [0, 0.1) is 0 Å². The predicted molar refractivity (Wildman–Crippen MR) is 91.7 cm³/mol. The molecule has 0 spiro atoms. The van der Waals surface area contributed by atoms with E-state index in [1.807, 2.05) is 0 Å². The number of halogens is 12. The number of hydrogen-bond donors (Lipinski definition) is 1. The van der Waals surface area contributed by atoms with Gasteiger partial charge in [-0.05, 0) is 35.0 Å². The van der Waals surface area contributed by atoms with E-state index in [1.54, 1.807) is 0 Å². The minimum atomic E-state index is -6.32. The fourth-order valence-corrected chi connectivity index (χ4v) is 3.23. The summed E-state index contributed by atoms with van der Waals surface area (Å²) in [7, 11) is 0. The van der Waals surface area contributed by atoms with Crippen molar-refractivity contribution in [2.24, 2.45) is 0 Å². The number of alkyl halides is 11. The molecule has 0 radical (unpaired) electrons. The summed E-state index contributed by atoms with van der Waals surface area (Å²) in [5.74, 6) is -7.15. The number of anilines is 1. The summed E-state index contributed by atoms with van der Waals surface area (Å²) >= 11 is 2.39. The van der Waals surface area contributed by atoms with Gasteiger partial charge in [0.1, 0.15) is 17.2 Å². The summed E-state index contributed by atoms with van der Waals surface area (Å²) < 4.78 is 145. The molecular weight excluding hydrogens is 539 g/mol. The molecule has 4 nitrogen and oxygen atoms in total. The summed E-state index contributed by atoms with van der Waals surface area (Å²) in [6.07, 6.45) is -17.1. The Balaban J connectivity index is 3.08. The fraction of sp³-hybridized carbons (Fsp3) is 0.375. The van der Waals surface area contributed by atoms with Gasteiger partial charge in [-0.1, -0.05) is 0 Å². The van der Waals surface area contributed by atoms with Gasteiger partial charge in [0.15, 0.2) is 0 Å². The summed E-state index contributed by atoms with van der Waals surface area (Å²) in [5.41, 5.74) is -5.71. The van der Waals surface area contributed by atoms with Gasteiger partial charge in [0.05, 0.1) is 11.1 Å². The van der Waals surface area contributed by atoms with Crippen molar-refractivity contribution in [3.63, 3.8) is 0 Å². The number of benzene rings is 1. The molecule has 0 bridgehead atoms. The van der Waals surface area contributed by atoms with Crippen molar-refractivity contribution in [1.82, 2.24) is 9.55 Å². The van der Waals surface area contributed by atoms with E-state index in [1.165, 1.54) is 0 Å². The lowest BCUT2D eigenvalue weighted by Gasteiger charge is -2.23. The van der Waals surface area contributed by atoms with Gasteiger partial charge < -0.3 is 5.73 Å². The number of hydrogen-bond acceptors (Lipinski definition) is 3. The predicted octanol–water partition coefficient (Wildman–Crippen LogP) is 5.97. The van der Waals surface area contributed by atoms with Gasteiger partial charge >= 0.3 is 24.5 Å². The normalized spacial score (nSPS) is 13.5. The van der Waals surface area contributed by atoms with E-state index in [4.69, 9.17) is 5.73 Å². The van der Waals surface area contributed by atoms with E-state index in [0.717, 1.165) is 6.92 Å². The second-order valence-electron chi connectivity index (χ2n) is 6.20. The summed E-state index contributed by atoms with van der Waals surface area (Å²) in [4.78, 5) is 15.2. The molecule has 0 amide bonds. The molecule has 1 aromatic carbocycles. The maximum Gasteiger partial charge on any atom is 0.459 e. The Kier molecular flexibility index (Phi) is 6.37. The largest absolute Gasteiger partial charge is 0.459 e. The lowest BCUT2D eigenvalue weighted by atomic mass is 10.0. The molecule has 0 fully saturated rings. The van der Waals surface area contributed by atoms with Gasteiger partial charge in [-0.25, -0.2) is 4.98 Å². The molecule has 0 aliphatic heterocycles. The summed E-state index contributed by atoms with van der Waals surface area (Å²) in [6, 6.07) is -0.274. The highest BCUT2D eigenvalue weighted by atomic mass is 79.9. The Morgan fingerprint density at radius 2 is 1.50 bits per heavy atom. The van der Waals surface area contributed by atoms with Gasteiger partial charge in [0.2, 0.25) is 0 Å². The van der Waals surface area contributed by atoms with E-state index in [9.17, 15) is 53.1 Å². The van der Waals surface area contributed by atoms with Crippen molar-refractivity contribution < 1.29 is 48.3 Å². The van der Waals surface area contributed by atoms with Crippen LogP contribution in [0.1, 0.15) is 23.7 Å². The third-order valence-corrected chi connectivity index (χ3v) is 4.97. The van der Waals surface area contributed by atoms with Gasteiger partial charge in [0, 0.05) is 16.6 Å². The number of nitrogen functional groups attached to an aromatic ring is 1. The van der Waals surface area contributed by atoms with Crippen LogP contribution in [0.25, 0.3) is 11.4 Å². The molecular formula is C16H9BrF11N3O. The number of nitrogens with zero attached hydrogens (tertiary/aromatic N) is 2. The van der Waals surface area contributed by atoms with Crippen molar-refractivity contribution in [2.75, 3.05) is 5.73 Å². The lowest BCUT2D eigenvalue weighted by Crippen LogP contribution is -2.39. The van der Waals surface area contributed by atoms with Gasteiger partial charge in [-0.2, -0.15) is 48.3 Å². The average Bonchev–Trinajstić information content (AvgIpc) is 2.61. The Morgan fingerprint density at radius 1 is 0.969 bits per heavy atom. The highest BCUT2D eigenvalue weighted by Crippen LogP contribution is 2.47. The SMILES string of the molecule is CCn1c(-c2cc(C(F)(F)F)cc(C(F)(F)F)c2Br)nc(C(F)(F)C(F)(F)F)c(N)c1=O. The van der Waals surface area contributed by atoms with Crippen LogP contribution in [0.3, 0.4) is 0 Å². The molecule has 16 heteroatoms. The monoisotopic (exact) mass is 547 g/mol. The van der Waals surface area contributed by atoms with Crippen molar-refractivity contribution in [3.8, 4) is 11.4 Å². The van der Waals surface area contributed by atoms with Crippen molar-refractivity contribution in [3.05, 3.63) is 43.8 Å². The third kappa shape index (κ3) is 4.41. The average molecular weight is 548 g/mol. The van der Waals surface area contributed by atoms with Crippen LogP contribution < -0.4 is 11.3 Å². The minimum absolute atomic E-state index is 0.0267. The number of rotatable bonds is 3. The minimum Gasteiger partial charge on any atom is -0.393 e. The topological polar surface area (TPSA) is 60.9 Å². The summed E-state index contributed by atoms with van der Waals surface area (Å²) in [6.45, 7) is 0.521. The quantitative estimate of drug-likeness (QED) is 0.482. The summed E-state index contributed by atoms with van der Waals surface area (Å²) in [5, 5.41) is 0. The fourth-order valence-electron chi connectivity index (χ4n) is 2.60. The van der Waals surface area contributed by atoms with Crippen molar-refractivity contribution >= 4 is 21.6 Å². The first-order chi connectivity index (χ1) is 14.2. The first kappa shape index (κ1) is 25.9. The Hall–Kier alpha value is -2.39. The Morgan fingerprint density at radius 3 is 1.91 bits per heavy atom. The van der Waals surface area contributed by atoms with Crippen LogP contribution in [-0.2, 0) is 24.8 Å². The second kappa shape index (κ2) is 7.88.